The normalized spacial score (nSPS) is 12.2. The molecule has 0 bridgehead atoms. The van der Waals surface area contributed by atoms with Crippen LogP contribution in [-0.4, -0.2) is 76.4 Å². The summed E-state index contributed by atoms with van der Waals surface area (Å²) in [4.78, 5) is 32.7. The van der Waals surface area contributed by atoms with Gasteiger partial charge in [0.05, 0.1) is 33.8 Å². The Morgan fingerprint density at radius 3 is 1.38 bits per heavy atom. The van der Waals surface area contributed by atoms with Crippen LogP contribution in [0.1, 0.15) is 57.6 Å². The van der Waals surface area contributed by atoms with Gasteiger partial charge in [-0.1, -0.05) is 71.7 Å². The Morgan fingerprint density at radius 2 is 0.972 bits per heavy atom. The first-order valence-corrected chi connectivity index (χ1v) is 24.0. The van der Waals surface area contributed by atoms with Gasteiger partial charge in [0.2, 0.25) is 0 Å². The molecule has 0 aliphatic carbocycles. The second-order valence-electron chi connectivity index (χ2n) is 17.0. The molecule has 0 saturated carbocycles. The van der Waals surface area contributed by atoms with Crippen LogP contribution < -0.4 is 29.6 Å². The van der Waals surface area contributed by atoms with Crippen LogP contribution >= 0.6 is 23.2 Å². The van der Waals surface area contributed by atoms with Crippen LogP contribution in [0.2, 0.25) is 10.0 Å². The number of carboxylic acid groups (broad SMARTS) is 2. The van der Waals surface area contributed by atoms with Crippen LogP contribution in [0, 0.1) is 13.8 Å². The number of halogens is 2. The summed E-state index contributed by atoms with van der Waals surface area (Å²) in [6.45, 7) is 4.35. The van der Waals surface area contributed by atoms with E-state index < -0.39 is 24.0 Å². The third-order valence-corrected chi connectivity index (χ3v) is 13.0. The standard InChI is InChI=1S/C54H54Cl2N6O10/c1-33-35(29-69-49-23-47(71-31-39-27-59-51-13-3-5-17-61(39)51)37(21-43(49)55)25-57-45(15-19-63)53(65)66)9-7-11-41(33)42-12-8-10-36(34(42)2)30-70-50-24-48(72-32-40-28-60-52-14-4-6-18-62(40)52)38(22-44(50)56)26-58-46(16-20-64)54(67)68/h3-14,17-18,21-24,27-28,45-46,57-58,63-64H,15-16,19-20,25-26,29-32H2,1-2H3,(H,65,66)(H,67,68). The first kappa shape index (κ1) is 51.2. The molecule has 0 spiro atoms. The lowest BCUT2D eigenvalue weighted by atomic mass is 9.92. The number of aliphatic hydroxyl groups is 2. The number of pyridine rings is 2. The number of nitrogens with zero attached hydrogens (tertiary/aromatic N) is 4. The van der Waals surface area contributed by atoms with Crippen molar-refractivity contribution in [1.29, 1.82) is 0 Å². The zero-order valence-electron chi connectivity index (χ0n) is 39.6. The summed E-state index contributed by atoms with van der Waals surface area (Å²) >= 11 is 13.7. The van der Waals surface area contributed by atoms with Gasteiger partial charge in [-0.15, -0.1) is 0 Å². The van der Waals surface area contributed by atoms with E-state index in [0.717, 1.165) is 56.1 Å². The van der Waals surface area contributed by atoms with E-state index in [2.05, 4.69) is 32.7 Å². The fourth-order valence-electron chi connectivity index (χ4n) is 8.33. The van der Waals surface area contributed by atoms with Crippen LogP contribution in [0.3, 0.4) is 0 Å². The maximum atomic E-state index is 11.9. The van der Waals surface area contributed by atoms with Crippen molar-refractivity contribution < 1.29 is 49.0 Å². The van der Waals surface area contributed by atoms with E-state index in [-0.39, 0.29) is 65.6 Å². The molecule has 8 aromatic rings. The molecule has 2 atom stereocenters. The SMILES string of the molecule is Cc1c(COc2cc(OCc3cnc4ccccn34)c(CNC(CCO)C(=O)O)cc2Cl)cccc1-c1cccc(COc2cc(OCc3cnc4ccccn34)c(CNC(CCO)C(=O)O)cc2Cl)c1C. The number of benzene rings is 4. The summed E-state index contributed by atoms with van der Waals surface area (Å²) in [6, 6.07) is 28.3. The van der Waals surface area contributed by atoms with Crippen molar-refractivity contribution in [2.24, 2.45) is 0 Å². The smallest absolute Gasteiger partial charge is 0.320 e. The number of hydrogen-bond acceptors (Lipinski definition) is 12. The van der Waals surface area contributed by atoms with Crippen molar-refractivity contribution in [3.05, 3.63) is 177 Å². The zero-order valence-corrected chi connectivity index (χ0v) is 41.1. The summed E-state index contributed by atoms with van der Waals surface area (Å²) in [7, 11) is 0. The highest BCUT2D eigenvalue weighted by Crippen LogP contribution is 2.38. The minimum absolute atomic E-state index is 0.0254. The molecule has 0 aliphatic heterocycles. The van der Waals surface area contributed by atoms with Crippen molar-refractivity contribution in [2.75, 3.05) is 13.2 Å². The second-order valence-corrected chi connectivity index (χ2v) is 17.9. The third-order valence-electron chi connectivity index (χ3n) is 12.4. The molecule has 0 amide bonds. The first-order valence-electron chi connectivity index (χ1n) is 23.2. The van der Waals surface area contributed by atoms with Crippen LogP contribution in [0.4, 0.5) is 0 Å². The molecule has 4 aromatic carbocycles. The van der Waals surface area contributed by atoms with Gasteiger partial charge in [0.1, 0.15) is 72.8 Å². The molecule has 72 heavy (non-hydrogen) atoms. The molecule has 2 unspecified atom stereocenters. The predicted molar refractivity (Wildman–Crippen MR) is 272 cm³/mol. The Labute approximate surface area is 425 Å². The maximum absolute atomic E-state index is 11.9. The minimum Gasteiger partial charge on any atom is -0.487 e. The molecular weight excluding hydrogens is 964 g/mol. The van der Waals surface area contributed by atoms with Gasteiger partial charge in [-0.05, 0) is 96.5 Å². The molecule has 4 heterocycles. The Bertz CT molecular complexity index is 2990. The molecule has 4 aromatic heterocycles. The molecular formula is C54H54Cl2N6O10. The fraction of sp³-hybridized carbons (Fsp3) is 0.259. The monoisotopic (exact) mass is 1020 g/mol. The average molecular weight is 1020 g/mol. The molecule has 0 saturated heterocycles. The summed E-state index contributed by atoms with van der Waals surface area (Å²) in [5.74, 6) is -0.551. The highest BCUT2D eigenvalue weighted by atomic mass is 35.5. The molecule has 8 rings (SSSR count). The van der Waals surface area contributed by atoms with E-state index in [1.165, 1.54) is 0 Å². The van der Waals surface area contributed by atoms with Gasteiger partial charge in [0.25, 0.3) is 0 Å². The largest absolute Gasteiger partial charge is 0.487 e. The van der Waals surface area contributed by atoms with Crippen LogP contribution in [0.25, 0.3) is 22.4 Å². The highest BCUT2D eigenvalue weighted by molar-refractivity contribution is 6.32. The number of imidazole rings is 2. The van der Waals surface area contributed by atoms with Crippen molar-refractivity contribution in [2.45, 2.75) is 78.3 Å². The summed E-state index contributed by atoms with van der Waals surface area (Å²) < 4.78 is 29.4. The van der Waals surface area contributed by atoms with Gasteiger partial charge in [0, 0.05) is 62.0 Å². The predicted octanol–water partition coefficient (Wildman–Crippen LogP) is 8.74. The van der Waals surface area contributed by atoms with E-state index in [0.29, 0.717) is 44.2 Å². The van der Waals surface area contributed by atoms with Gasteiger partial charge in [-0.3, -0.25) is 9.59 Å². The van der Waals surface area contributed by atoms with E-state index in [4.69, 9.17) is 42.1 Å². The Kier molecular flexibility index (Phi) is 16.9. The van der Waals surface area contributed by atoms with E-state index >= 15 is 0 Å². The van der Waals surface area contributed by atoms with Gasteiger partial charge in [-0.25, -0.2) is 9.97 Å². The summed E-state index contributed by atoms with van der Waals surface area (Å²) in [5, 5.41) is 44.9. The lowest BCUT2D eigenvalue weighted by Crippen LogP contribution is -2.37. The topological polar surface area (TPSA) is 211 Å². The van der Waals surface area contributed by atoms with Crippen molar-refractivity contribution in [3.8, 4) is 34.1 Å². The number of aromatic nitrogens is 4. The number of carbonyl (C=O) groups is 2. The van der Waals surface area contributed by atoms with Crippen LogP contribution in [-0.2, 0) is 49.1 Å². The first-order chi connectivity index (χ1) is 34.9. The van der Waals surface area contributed by atoms with Crippen LogP contribution in [0.5, 0.6) is 23.0 Å². The van der Waals surface area contributed by atoms with Gasteiger partial charge in [0.15, 0.2) is 0 Å². The molecule has 0 aliphatic rings. The van der Waals surface area contributed by atoms with Crippen molar-refractivity contribution >= 4 is 46.4 Å². The molecule has 0 fully saturated rings. The summed E-state index contributed by atoms with van der Waals surface area (Å²) in [5.41, 5.74) is 10.2. The molecule has 18 heteroatoms. The number of hydrogen-bond donors (Lipinski definition) is 6. The molecule has 374 valence electrons. The van der Waals surface area contributed by atoms with E-state index in [1.807, 2.05) is 95.7 Å². The number of rotatable bonds is 25. The second kappa shape index (κ2) is 23.8. The zero-order chi connectivity index (χ0) is 50.7. The lowest BCUT2D eigenvalue weighted by Gasteiger charge is -2.19. The minimum atomic E-state index is -1.08. The van der Waals surface area contributed by atoms with Gasteiger partial charge >= 0.3 is 11.9 Å². The molecule has 16 nitrogen and oxygen atoms in total. The van der Waals surface area contributed by atoms with E-state index in [9.17, 15) is 30.0 Å². The van der Waals surface area contributed by atoms with Crippen LogP contribution in [0.15, 0.2) is 122 Å². The number of carboxylic acids is 2. The average Bonchev–Trinajstić information content (AvgIpc) is 3.99. The fourth-order valence-corrected chi connectivity index (χ4v) is 8.81. The highest BCUT2D eigenvalue weighted by Gasteiger charge is 2.22. The van der Waals surface area contributed by atoms with Crippen molar-refractivity contribution in [1.82, 2.24) is 29.4 Å². The Morgan fingerprint density at radius 1 is 0.556 bits per heavy atom. The number of fused-ring (bicyclic) bond motifs is 2. The third kappa shape index (κ3) is 12.1. The number of aliphatic hydroxyl groups excluding tert-OH is 2. The quantitative estimate of drug-likeness (QED) is 0.0316. The number of nitrogens with one attached hydrogen (secondary N) is 2. The van der Waals surface area contributed by atoms with Gasteiger partial charge in [-0.2, -0.15) is 0 Å². The van der Waals surface area contributed by atoms with E-state index in [1.54, 1.807) is 36.7 Å². The Balaban J connectivity index is 0.996. The Hall–Kier alpha value is -7.18. The summed E-state index contributed by atoms with van der Waals surface area (Å²) in [6.07, 6.45) is 7.31. The van der Waals surface area contributed by atoms with Crippen molar-refractivity contribution in [3.63, 3.8) is 0 Å². The number of aliphatic carboxylic acids is 2. The maximum Gasteiger partial charge on any atom is 0.320 e. The lowest BCUT2D eigenvalue weighted by molar-refractivity contribution is -0.140. The molecule has 6 N–H and O–H groups in total. The molecule has 0 radical (unpaired) electrons. The van der Waals surface area contributed by atoms with Gasteiger partial charge < -0.3 is 58.8 Å². The number of ether oxygens (including phenoxy) is 4.